The van der Waals surface area contributed by atoms with Crippen molar-refractivity contribution < 1.29 is 37.7 Å². The molecule has 0 atom stereocenters. The predicted octanol–water partition coefficient (Wildman–Crippen LogP) is -0.940. The molecule has 0 aliphatic rings. The monoisotopic (exact) mass is 250 g/mol. The fourth-order valence-electron chi connectivity index (χ4n) is 2.25. The maximum absolute atomic E-state index is 2.24. The van der Waals surface area contributed by atoms with Gasteiger partial charge in [-0.3, -0.25) is 0 Å². The molecular weight excluding hydrogens is 230 g/mol. The van der Waals surface area contributed by atoms with Gasteiger partial charge in [-0.1, -0.05) is 32.4 Å². The van der Waals surface area contributed by atoms with Crippen LogP contribution in [-0.2, 0) is 0 Å². The third kappa shape index (κ3) is 5.40. The zero-order valence-electron chi connectivity index (χ0n) is 13.2. The van der Waals surface area contributed by atoms with E-state index in [9.17, 15) is 0 Å². The minimum Gasteiger partial charge on any atom is -0.190 e. The van der Waals surface area contributed by atoms with Gasteiger partial charge < -0.3 is 0 Å². The molecule has 0 saturated heterocycles. The van der Waals surface area contributed by atoms with Crippen molar-refractivity contribution in [1.29, 1.82) is 0 Å². The zero-order chi connectivity index (χ0) is 12.8. The van der Waals surface area contributed by atoms with Crippen LogP contribution in [0.3, 0.4) is 0 Å². The Hall–Kier alpha value is -0.625. The summed E-state index contributed by atoms with van der Waals surface area (Å²) in [5, 5.41) is 0. The van der Waals surface area contributed by atoms with Crippen LogP contribution < -0.4 is 37.7 Å². The molecule has 0 aliphatic heterocycles. The second-order valence-corrected chi connectivity index (χ2v) is 4.65. The van der Waals surface area contributed by atoms with Crippen LogP contribution in [0.2, 0.25) is 0 Å². The molecule has 94 valence electrons. The molecule has 2 rings (SSSR count). The Bertz CT molecular complexity index is 453. The van der Waals surface area contributed by atoms with Gasteiger partial charge in [-0.25, -0.2) is 0 Å². The van der Waals surface area contributed by atoms with Crippen molar-refractivity contribution in [3.63, 3.8) is 0 Å². The average molecular weight is 250 g/mol. The molecule has 0 fully saturated rings. The molecule has 0 radical (unpaired) electrons. The largest absolute Gasteiger partial charge is 1.00 e. The standard InChI is InChI=1S/C18H20.2Li/c1-3-16(18-12-8-5-9-13-18)14-15(2)17-10-6-4-7-11-17;;/h4-13H,3,14H2,1-2H3;;/q-2;2*+1. The molecular formula is C18H20Li2. The molecule has 0 amide bonds. The van der Waals surface area contributed by atoms with E-state index in [0.717, 1.165) is 12.8 Å². The molecule has 0 spiro atoms. The van der Waals surface area contributed by atoms with Gasteiger partial charge in [0.1, 0.15) is 0 Å². The van der Waals surface area contributed by atoms with Crippen molar-refractivity contribution in [2.45, 2.75) is 26.7 Å². The minimum atomic E-state index is 0. The van der Waals surface area contributed by atoms with Crippen LogP contribution in [0.1, 0.15) is 37.8 Å². The summed E-state index contributed by atoms with van der Waals surface area (Å²) in [5.41, 5.74) is 2.72. The van der Waals surface area contributed by atoms with Crippen LogP contribution in [-0.4, -0.2) is 0 Å². The van der Waals surface area contributed by atoms with Crippen molar-refractivity contribution in [3.05, 3.63) is 83.6 Å². The molecule has 0 N–H and O–H groups in total. The Morgan fingerprint density at radius 2 is 1.20 bits per heavy atom. The summed E-state index contributed by atoms with van der Waals surface area (Å²) in [4.78, 5) is 0. The van der Waals surface area contributed by atoms with E-state index in [1.54, 1.807) is 0 Å². The number of rotatable bonds is 5. The molecule has 0 aromatic heterocycles. The zero-order valence-corrected chi connectivity index (χ0v) is 13.2. The summed E-state index contributed by atoms with van der Waals surface area (Å²) in [6.07, 6.45) is 2.17. The van der Waals surface area contributed by atoms with Gasteiger partial charge in [0.25, 0.3) is 0 Å². The first-order chi connectivity index (χ1) is 8.81. The Balaban J connectivity index is 0.00000180. The summed E-state index contributed by atoms with van der Waals surface area (Å²) < 4.78 is 0. The fraction of sp³-hybridized carbons (Fsp3) is 0.222. The third-order valence-corrected chi connectivity index (χ3v) is 3.35. The van der Waals surface area contributed by atoms with E-state index in [-0.39, 0.29) is 37.7 Å². The van der Waals surface area contributed by atoms with E-state index in [1.807, 2.05) is 0 Å². The Kier molecular flexibility index (Phi) is 9.83. The van der Waals surface area contributed by atoms with Crippen molar-refractivity contribution >= 4 is 0 Å². The van der Waals surface area contributed by atoms with Crippen LogP contribution in [0.25, 0.3) is 0 Å². The second kappa shape index (κ2) is 10.2. The quantitative estimate of drug-likeness (QED) is 0.475. The average Bonchev–Trinajstić information content (AvgIpc) is 2.46. The van der Waals surface area contributed by atoms with Crippen molar-refractivity contribution in [3.8, 4) is 0 Å². The van der Waals surface area contributed by atoms with Gasteiger partial charge >= 0.3 is 37.7 Å². The van der Waals surface area contributed by atoms with Crippen LogP contribution in [0.15, 0.2) is 60.7 Å². The van der Waals surface area contributed by atoms with E-state index in [2.05, 4.69) is 74.5 Å². The first-order valence-electron chi connectivity index (χ1n) is 6.59. The van der Waals surface area contributed by atoms with Crippen LogP contribution in [0.5, 0.6) is 0 Å². The first kappa shape index (κ1) is 19.4. The molecule has 2 aromatic rings. The summed E-state index contributed by atoms with van der Waals surface area (Å²) in [6, 6.07) is 21.4. The predicted molar refractivity (Wildman–Crippen MR) is 78.2 cm³/mol. The minimum absolute atomic E-state index is 0. The smallest absolute Gasteiger partial charge is 0.190 e. The SMILES string of the molecule is CC[C-](C[C-](C)c1ccccc1)c1ccccc1.[Li+].[Li+]. The van der Waals surface area contributed by atoms with Gasteiger partial charge in [-0.15, -0.1) is 30.7 Å². The molecule has 0 heterocycles. The van der Waals surface area contributed by atoms with Gasteiger partial charge in [0, 0.05) is 0 Å². The fourth-order valence-corrected chi connectivity index (χ4v) is 2.25. The molecule has 20 heavy (non-hydrogen) atoms. The molecule has 0 saturated carbocycles. The Morgan fingerprint density at radius 1 is 0.750 bits per heavy atom. The van der Waals surface area contributed by atoms with Crippen LogP contribution in [0, 0.1) is 11.8 Å². The third-order valence-electron chi connectivity index (χ3n) is 3.35. The van der Waals surface area contributed by atoms with Crippen LogP contribution in [0.4, 0.5) is 0 Å². The van der Waals surface area contributed by atoms with Gasteiger partial charge in [-0.2, -0.15) is 47.2 Å². The van der Waals surface area contributed by atoms with Crippen molar-refractivity contribution in [1.82, 2.24) is 0 Å². The van der Waals surface area contributed by atoms with E-state index in [1.165, 1.54) is 23.0 Å². The molecule has 0 unspecified atom stereocenters. The maximum atomic E-state index is 2.24. The first-order valence-corrected chi connectivity index (χ1v) is 6.59. The summed E-state index contributed by atoms with van der Waals surface area (Å²) >= 11 is 0. The van der Waals surface area contributed by atoms with Gasteiger partial charge in [0.05, 0.1) is 0 Å². The number of benzene rings is 2. The van der Waals surface area contributed by atoms with Crippen molar-refractivity contribution in [2.24, 2.45) is 0 Å². The summed E-state index contributed by atoms with van der Waals surface area (Å²) in [5.74, 6) is 2.95. The normalized spacial score (nSPS) is 9.10. The van der Waals surface area contributed by atoms with E-state index >= 15 is 0 Å². The van der Waals surface area contributed by atoms with E-state index in [0.29, 0.717) is 0 Å². The molecule has 0 aliphatic carbocycles. The van der Waals surface area contributed by atoms with Crippen LogP contribution >= 0.6 is 0 Å². The number of hydrogen-bond donors (Lipinski definition) is 0. The second-order valence-electron chi connectivity index (χ2n) is 4.65. The molecule has 0 bridgehead atoms. The summed E-state index contributed by atoms with van der Waals surface area (Å²) in [7, 11) is 0. The topological polar surface area (TPSA) is 0 Å². The van der Waals surface area contributed by atoms with Gasteiger partial charge in [0.15, 0.2) is 0 Å². The number of hydrogen-bond acceptors (Lipinski definition) is 0. The van der Waals surface area contributed by atoms with Gasteiger partial charge in [-0.05, 0) is 0 Å². The molecule has 0 nitrogen and oxygen atoms in total. The van der Waals surface area contributed by atoms with Crippen molar-refractivity contribution in [2.75, 3.05) is 0 Å². The van der Waals surface area contributed by atoms with Gasteiger partial charge in [0.2, 0.25) is 0 Å². The summed E-state index contributed by atoms with van der Waals surface area (Å²) in [6.45, 7) is 4.47. The molecule has 2 aromatic carbocycles. The molecule has 2 heteroatoms. The Labute approximate surface area is 147 Å². The maximum Gasteiger partial charge on any atom is 1.00 e. The van der Waals surface area contributed by atoms with E-state index in [4.69, 9.17) is 0 Å². The Morgan fingerprint density at radius 3 is 1.65 bits per heavy atom. The van der Waals surface area contributed by atoms with E-state index < -0.39 is 0 Å².